The fourth-order valence-electron chi connectivity index (χ4n) is 2.09. The number of hydrogen-bond acceptors (Lipinski definition) is 0. The van der Waals surface area contributed by atoms with Crippen LogP contribution in [0.2, 0.25) is 5.02 Å². The average molecular weight is 356 g/mol. The van der Waals surface area contributed by atoms with E-state index in [4.69, 9.17) is 11.6 Å². The molecule has 0 bridgehead atoms. The number of halogens is 3. The summed E-state index contributed by atoms with van der Waals surface area (Å²) < 4.78 is 13.5. The van der Waals surface area contributed by atoms with Gasteiger partial charge in [-0.25, -0.2) is 4.39 Å². The van der Waals surface area contributed by atoms with E-state index in [-0.39, 0.29) is 15.7 Å². The largest absolute Gasteiger partial charge is 0.205 e. The molecule has 106 valence electrons. The molecule has 0 heterocycles. The molecule has 2 aromatic rings. The van der Waals surface area contributed by atoms with Crippen LogP contribution < -0.4 is 0 Å². The summed E-state index contributed by atoms with van der Waals surface area (Å²) in [5.74, 6) is 0.177. The first-order chi connectivity index (χ1) is 9.52. The summed E-state index contributed by atoms with van der Waals surface area (Å²) in [4.78, 5) is -0.0275. The minimum Gasteiger partial charge on any atom is -0.205 e. The third-order valence-electron chi connectivity index (χ3n) is 3.65. The Hall–Kier alpha value is -0.860. The lowest BCUT2D eigenvalue weighted by atomic mass is 9.96. The molecule has 3 heteroatoms. The highest BCUT2D eigenvalue weighted by atomic mass is 79.9. The molecule has 2 atom stereocenters. The zero-order valence-electron chi connectivity index (χ0n) is 11.5. The summed E-state index contributed by atoms with van der Waals surface area (Å²) in [5.41, 5.74) is 3.31. The molecule has 0 amide bonds. The first kappa shape index (κ1) is 15.5. The van der Waals surface area contributed by atoms with E-state index in [1.807, 2.05) is 6.07 Å². The Morgan fingerprint density at radius 2 is 1.60 bits per heavy atom. The zero-order chi connectivity index (χ0) is 14.7. The van der Waals surface area contributed by atoms with Gasteiger partial charge >= 0.3 is 0 Å². The molecule has 2 aromatic carbocycles. The third kappa shape index (κ3) is 3.42. The lowest BCUT2D eigenvalue weighted by Gasteiger charge is -2.14. The van der Waals surface area contributed by atoms with Crippen molar-refractivity contribution in [3.05, 3.63) is 70.0 Å². The van der Waals surface area contributed by atoms with Gasteiger partial charge in [-0.05, 0) is 41.2 Å². The molecule has 0 aliphatic heterocycles. The molecule has 0 saturated heterocycles. The Morgan fingerprint density at radius 1 is 1.05 bits per heavy atom. The van der Waals surface area contributed by atoms with E-state index in [1.165, 1.54) is 11.6 Å². The van der Waals surface area contributed by atoms with Gasteiger partial charge in [-0.2, -0.15) is 0 Å². The van der Waals surface area contributed by atoms with Crippen molar-refractivity contribution in [2.75, 3.05) is 0 Å². The molecule has 0 nitrogen and oxygen atoms in total. The van der Waals surface area contributed by atoms with Crippen molar-refractivity contribution in [3.8, 4) is 0 Å². The second-order valence-corrected chi connectivity index (χ2v) is 6.33. The molecule has 0 aromatic heterocycles. The molecule has 2 rings (SSSR count). The van der Waals surface area contributed by atoms with Crippen molar-refractivity contribution in [3.63, 3.8) is 0 Å². The van der Waals surface area contributed by atoms with Crippen molar-refractivity contribution in [2.24, 2.45) is 0 Å². The maximum atomic E-state index is 13.5. The molecule has 0 aliphatic carbocycles. The molecule has 20 heavy (non-hydrogen) atoms. The van der Waals surface area contributed by atoms with Gasteiger partial charge in [0.15, 0.2) is 0 Å². The van der Waals surface area contributed by atoms with E-state index in [1.54, 1.807) is 6.07 Å². The van der Waals surface area contributed by atoms with E-state index < -0.39 is 0 Å². The second kappa shape index (κ2) is 6.73. The lowest BCUT2D eigenvalue weighted by molar-refractivity contribution is 0.626. The van der Waals surface area contributed by atoms with Crippen LogP contribution >= 0.6 is 27.5 Å². The SMILES string of the molecule is CCC(C)c1ccc(C(Br)c2ccc(Cl)c(F)c2)cc1. The number of rotatable bonds is 4. The predicted molar refractivity (Wildman–Crippen MR) is 87.3 cm³/mol. The monoisotopic (exact) mass is 354 g/mol. The van der Waals surface area contributed by atoms with Crippen molar-refractivity contribution in [2.45, 2.75) is 31.0 Å². The van der Waals surface area contributed by atoms with Crippen molar-refractivity contribution in [1.29, 1.82) is 0 Å². The summed E-state index contributed by atoms with van der Waals surface area (Å²) >= 11 is 9.33. The molecule has 0 N–H and O–H groups in total. The summed E-state index contributed by atoms with van der Waals surface area (Å²) in [6.07, 6.45) is 1.12. The van der Waals surface area contributed by atoms with Gasteiger partial charge in [0.05, 0.1) is 9.85 Å². The van der Waals surface area contributed by atoms with Crippen LogP contribution in [0.5, 0.6) is 0 Å². The van der Waals surface area contributed by atoms with E-state index >= 15 is 0 Å². The van der Waals surface area contributed by atoms with E-state index in [2.05, 4.69) is 54.0 Å². The highest BCUT2D eigenvalue weighted by molar-refractivity contribution is 9.09. The van der Waals surface area contributed by atoms with Crippen LogP contribution in [0.15, 0.2) is 42.5 Å². The second-order valence-electron chi connectivity index (χ2n) is 5.01. The third-order valence-corrected chi connectivity index (χ3v) is 5.01. The number of alkyl halides is 1. The Labute approximate surface area is 133 Å². The van der Waals surface area contributed by atoms with E-state index in [9.17, 15) is 4.39 Å². The van der Waals surface area contributed by atoms with Crippen LogP contribution in [-0.4, -0.2) is 0 Å². The highest BCUT2D eigenvalue weighted by Crippen LogP contribution is 2.33. The van der Waals surface area contributed by atoms with E-state index in [0.717, 1.165) is 17.5 Å². The molecular weight excluding hydrogens is 339 g/mol. The lowest BCUT2D eigenvalue weighted by Crippen LogP contribution is -1.96. The Kier molecular flexibility index (Phi) is 5.22. The highest BCUT2D eigenvalue weighted by Gasteiger charge is 2.13. The molecule has 0 spiro atoms. The molecule has 2 unspecified atom stereocenters. The van der Waals surface area contributed by atoms with Crippen LogP contribution in [0.4, 0.5) is 4.39 Å². The maximum Gasteiger partial charge on any atom is 0.142 e. The molecule has 0 aliphatic rings. The molecule has 0 fully saturated rings. The standard InChI is InChI=1S/C17H17BrClF/c1-3-11(2)12-4-6-13(7-5-12)17(18)14-8-9-15(19)16(20)10-14/h4-11,17H,3H2,1-2H3. The Morgan fingerprint density at radius 3 is 2.15 bits per heavy atom. The number of hydrogen-bond donors (Lipinski definition) is 0. The summed E-state index contributed by atoms with van der Waals surface area (Å²) in [6, 6.07) is 13.4. The minimum absolute atomic E-state index is 0.0275. The van der Waals surface area contributed by atoms with Gasteiger partial charge < -0.3 is 0 Å². The smallest absolute Gasteiger partial charge is 0.142 e. The summed E-state index contributed by atoms with van der Waals surface area (Å²) in [5, 5.41) is 0.153. The fourth-order valence-corrected chi connectivity index (χ4v) is 2.80. The maximum absolute atomic E-state index is 13.5. The van der Waals surface area contributed by atoms with Crippen LogP contribution in [-0.2, 0) is 0 Å². The van der Waals surface area contributed by atoms with Gasteiger partial charge in [0.2, 0.25) is 0 Å². The summed E-state index contributed by atoms with van der Waals surface area (Å²) in [6.45, 7) is 4.40. The fraction of sp³-hybridized carbons (Fsp3) is 0.294. The van der Waals surface area contributed by atoms with Gasteiger partial charge in [0, 0.05) is 0 Å². The molecular formula is C17H17BrClF. The normalized spacial score (nSPS) is 14.1. The first-order valence-corrected chi connectivity index (χ1v) is 8.01. The van der Waals surface area contributed by atoms with Crippen molar-refractivity contribution >= 4 is 27.5 Å². The van der Waals surface area contributed by atoms with Gasteiger partial charge in [0.25, 0.3) is 0 Å². The van der Waals surface area contributed by atoms with Crippen molar-refractivity contribution < 1.29 is 4.39 Å². The van der Waals surface area contributed by atoms with Crippen molar-refractivity contribution in [1.82, 2.24) is 0 Å². The molecule has 0 radical (unpaired) electrons. The van der Waals surface area contributed by atoms with Crippen LogP contribution in [0.25, 0.3) is 0 Å². The van der Waals surface area contributed by atoms with Crippen LogP contribution in [0.1, 0.15) is 47.7 Å². The number of benzene rings is 2. The molecule has 0 saturated carbocycles. The minimum atomic E-state index is -0.384. The summed E-state index contributed by atoms with van der Waals surface area (Å²) in [7, 11) is 0. The first-order valence-electron chi connectivity index (χ1n) is 6.71. The Balaban J connectivity index is 2.24. The quantitative estimate of drug-likeness (QED) is 0.551. The zero-order valence-corrected chi connectivity index (χ0v) is 13.9. The average Bonchev–Trinajstić information content (AvgIpc) is 2.48. The van der Waals surface area contributed by atoms with E-state index in [0.29, 0.717) is 5.92 Å². The van der Waals surface area contributed by atoms with Gasteiger partial charge in [-0.15, -0.1) is 0 Å². The Bertz CT molecular complexity index is 580. The predicted octanol–water partition coefficient (Wildman–Crippen LogP) is 6.48. The van der Waals surface area contributed by atoms with Crippen LogP contribution in [0.3, 0.4) is 0 Å². The van der Waals surface area contributed by atoms with Gasteiger partial charge in [0.1, 0.15) is 5.82 Å². The van der Waals surface area contributed by atoms with Crippen LogP contribution in [0, 0.1) is 5.82 Å². The van der Waals surface area contributed by atoms with Gasteiger partial charge in [-0.1, -0.05) is 71.7 Å². The van der Waals surface area contributed by atoms with Gasteiger partial charge in [-0.3, -0.25) is 0 Å². The topological polar surface area (TPSA) is 0 Å².